The van der Waals surface area contributed by atoms with Crippen molar-refractivity contribution in [1.82, 2.24) is 14.8 Å². The van der Waals surface area contributed by atoms with Gasteiger partial charge in [-0.05, 0) is 25.1 Å². The van der Waals surface area contributed by atoms with E-state index in [0.29, 0.717) is 5.13 Å². The van der Waals surface area contributed by atoms with Crippen molar-refractivity contribution in [2.24, 2.45) is 5.73 Å². The quantitative estimate of drug-likeness (QED) is 0.765. The minimum absolute atomic E-state index is 0.266. The van der Waals surface area contributed by atoms with Gasteiger partial charge in [-0.1, -0.05) is 29.5 Å². The molecule has 8 heteroatoms. The number of carbonyl (C=O) groups excluding carboxylic acids is 2. The average Bonchev–Trinajstić information content (AvgIpc) is 3.15. The molecule has 0 aliphatic rings. The second kappa shape index (κ2) is 6.01. The summed E-state index contributed by atoms with van der Waals surface area (Å²) in [5, 5.41) is 7.22. The summed E-state index contributed by atoms with van der Waals surface area (Å²) in [6.07, 6.45) is 1.33. The number of rotatable bonds is 4. The first-order chi connectivity index (χ1) is 11.0. The summed E-state index contributed by atoms with van der Waals surface area (Å²) in [6.45, 7) is 1.87. The Morgan fingerprint density at radius 1 is 1.26 bits per heavy atom. The summed E-state index contributed by atoms with van der Waals surface area (Å²) in [5.41, 5.74) is 7.13. The second-order valence-electron chi connectivity index (χ2n) is 4.77. The highest BCUT2D eigenvalue weighted by molar-refractivity contribution is 7.17. The van der Waals surface area contributed by atoms with E-state index in [9.17, 15) is 9.59 Å². The Kier molecular flexibility index (Phi) is 3.90. The van der Waals surface area contributed by atoms with Crippen LogP contribution in [0.4, 0.5) is 5.13 Å². The summed E-state index contributed by atoms with van der Waals surface area (Å²) < 4.78 is 1.69. The van der Waals surface area contributed by atoms with E-state index in [4.69, 9.17) is 5.73 Å². The Balaban J connectivity index is 1.81. The van der Waals surface area contributed by atoms with Crippen LogP contribution in [0.15, 0.2) is 42.6 Å². The Labute approximate surface area is 135 Å². The van der Waals surface area contributed by atoms with Crippen molar-refractivity contribution in [3.8, 4) is 5.69 Å². The van der Waals surface area contributed by atoms with Gasteiger partial charge in [0.2, 0.25) is 0 Å². The number of amides is 2. The molecule has 0 fully saturated rings. The number of para-hydroxylation sites is 1. The van der Waals surface area contributed by atoms with E-state index >= 15 is 0 Å². The predicted molar refractivity (Wildman–Crippen MR) is 86.9 cm³/mol. The fourth-order valence-electron chi connectivity index (χ4n) is 2.02. The molecule has 0 spiro atoms. The van der Waals surface area contributed by atoms with Gasteiger partial charge < -0.3 is 5.73 Å². The number of primary amides is 1. The summed E-state index contributed by atoms with van der Waals surface area (Å²) in [6, 6.07) is 11.2. The van der Waals surface area contributed by atoms with Crippen molar-refractivity contribution < 1.29 is 9.59 Å². The maximum atomic E-state index is 12.3. The van der Waals surface area contributed by atoms with Crippen molar-refractivity contribution in [3.63, 3.8) is 0 Å². The lowest BCUT2D eigenvalue weighted by molar-refractivity contribution is 0.1000. The molecule has 3 rings (SSSR count). The van der Waals surface area contributed by atoms with E-state index in [2.05, 4.69) is 15.4 Å². The molecule has 116 valence electrons. The number of aromatic nitrogens is 3. The topological polar surface area (TPSA) is 103 Å². The lowest BCUT2D eigenvalue weighted by atomic mass is 10.3. The second-order valence-corrected chi connectivity index (χ2v) is 5.80. The van der Waals surface area contributed by atoms with Crippen molar-refractivity contribution in [2.75, 3.05) is 5.32 Å². The molecule has 0 radical (unpaired) electrons. The molecule has 0 atom stereocenters. The fraction of sp³-hybridized carbons (Fsp3) is 0.0667. The molecule has 2 aromatic heterocycles. The van der Waals surface area contributed by atoms with Crippen LogP contribution < -0.4 is 11.1 Å². The number of benzene rings is 1. The molecule has 3 aromatic rings. The van der Waals surface area contributed by atoms with Crippen LogP contribution in [-0.4, -0.2) is 26.6 Å². The lowest BCUT2D eigenvalue weighted by Gasteiger charge is -2.02. The minimum atomic E-state index is -0.577. The van der Waals surface area contributed by atoms with Gasteiger partial charge >= 0.3 is 0 Å². The Morgan fingerprint density at radius 2 is 2.00 bits per heavy atom. The Bertz CT molecular complexity index is 869. The molecular formula is C15H13N5O2S. The third-order valence-corrected chi connectivity index (χ3v) is 4.02. The smallest absolute Gasteiger partial charge is 0.277 e. The van der Waals surface area contributed by atoms with Gasteiger partial charge in [-0.15, -0.1) is 0 Å². The molecule has 0 bridgehead atoms. The Hall–Kier alpha value is -3.00. The van der Waals surface area contributed by atoms with Gasteiger partial charge in [0.1, 0.15) is 4.88 Å². The Morgan fingerprint density at radius 3 is 2.65 bits per heavy atom. The first-order valence-electron chi connectivity index (χ1n) is 6.73. The van der Waals surface area contributed by atoms with Crippen molar-refractivity contribution in [1.29, 1.82) is 0 Å². The van der Waals surface area contributed by atoms with Crippen LogP contribution in [0.1, 0.15) is 25.9 Å². The molecule has 0 aliphatic heterocycles. The number of nitrogens with two attached hydrogens (primary N) is 1. The first-order valence-corrected chi connectivity index (χ1v) is 7.55. The number of anilines is 1. The summed E-state index contributed by atoms with van der Waals surface area (Å²) in [7, 11) is 0. The van der Waals surface area contributed by atoms with E-state index in [1.807, 2.05) is 37.3 Å². The largest absolute Gasteiger partial charge is 0.365 e. The van der Waals surface area contributed by atoms with Crippen LogP contribution in [0.3, 0.4) is 0 Å². The zero-order valence-corrected chi connectivity index (χ0v) is 13.0. The molecule has 1 aromatic carbocycles. The molecule has 0 aliphatic carbocycles. The minimum Gasteiger partial charge on any atom is -0.365 e. The summed E-state index contributed by atoms with van der Waals surface area (Å²) in [4.78, 5) is 27.5. The average molecular weight is 327 g/mol. The van der Waals surface area contributed by atoms with E-state index < -0.39 is 11.8 Å². The van der Waals surface area contributed by atoms with Crippen LogP contribution in [0.25, 0.3) is 5.69 Å². The molecule has 0 unspecified atom stereocenters. The van der Waals surface area contributed by atoms with Gasteiger partial charge in [-0.25, -0.2) is 9.67 Å². The fourth-order valence-corrected chi connectivity index (χ4v) is 2.69. The van der Waals surface area contributed by atoms with Crippen LogP contribution in [0, 0.1) is 6.92 Å². The molecular weight excluding hydrogens is 314 g/mol. The molecule has 3 N–H and O–H groups in total. The van der Waals surface area contributed by atoms with Crippen molar-refractivity contribution in [2.45, 2.75) is 6.92 Å². The van der Waals surface area contributed by atoms with Gasteiger partial charge in [-0.2, -0.15) is 5.10 Å². The van der Waals surface area contributed by atoms with Gasteiger partial charge in [0.15, 0.2) is 10.8 Å². The van der Waals surface area contributed by atoms with Crippen LogP contribution in [-0.2, 0) is 0 Å². The molecule has 0 saturated heterocycles. The number of thiazole rings is 1. The number of carbonyl (C=O) groups is 2. The van der Waals surface area contributed by atoms with Crippen LogP contribution in [0.2, 0.25) is 0 Å². The zero-order valence-electron chi connectivity index (χ0n) is 12.2. The van der Waals surface area contributed by atoms with Gasteiger partial charge in [0.05, 0.1) is 11.9 Å². The van der Waals surface area contributed by atoms with Gasteiger partial charge in [0, 0.05) is 5.69 Å². The SMILES string of the molecule is Cc1cc(C(=O)Nc2ncc(C(N)=O)s2)nn1-c1ccccc1. The molecule has 2 heterocycles. The maximum Gasteiger partial charge on any atom is 0.277 e. The maximum absolute atomic E-state index is 12.3. The highest BCUT2D eigenvalue weighted by atomic mass is 32.1. The third-order valence-electron chi connectivity index (χ3n) is 3.09. The number of nitrogens with zero attached hydrogens (tertiary/aromatic N) is 3. The predicted octanol–water partition coefficient (Wildman–Crippen LogP) is 1.99. The van der Waals surface area contributed by atoms with Gasteiger partial charge in [-0.3, -0.25) is 14.9 Å². The van der Waals surface area contributed by atoms with Gasteiger partial charge in [0.25, 0.3) is 11.8 Å². The number of nitrogens with one attached hydrogen (secondary N) is 1. The molecule has 7 nitrogen and oxygen atoms in total. The number of aryl methyl sites for hydroxylation is 1. The van der Waals surface area contributed by atoms with E-state index in [1.165, 1.54) is 6.20 Å². The normalized spacial score (nSPS) is 10.5. The molecule has 0 saturated carbocycles. The van der Waals surface area contributed by atoms with E-state index in [1.54, 1.807) is 10.7 Å². The number of hydrogen-bond acceptors (Lipinski definition) is 5. The zero-order chi connectivity index (χ0) is 16.4. The highest BCUT2D eigenvalue weighted by Crippen LogP contribution is 2.19. The third kappa shape index (κ3) is 3.11. The van der Waals surface area contributed by atoms with Crippen molar-refractivity contribution >= 4 is 28.3 Å². The van der Waals surface area contributed by atoms with E-state index in [-0.39, 0.29) is 10.6 Å². The first kappa shape index (κ1) is 14.9. The number of hydrogen-bond donors (Lipinski definition) is 2. The monoisotopic (exact) mass is 327 g/mol. The van der Waals surface area contributed by atoms with Crippen LogP contribution in [0.5, 0.6) is 0 Å². The summed E-state index contributed by atoms with van der Waals surface area (Å²) in [5.74, 6) is -0.972. The standard InChI is InChI=1S/C15H13N5O2S/c1-9-7-11(19-20(9)10-5-3-2-4-6-10)14(22)18-15-17-8-12(23-15)13(16)21/h2-8H,1H3,(H2,16,21)(H,17,18,22). The lowest BCUT2D eigenvalue weighted by Crippen LogP contribution is -2.13. The summed E-state index contributed by atoms with van der Waals surface area (Å²) >= 11 is 1.02. The van der Waals surface area contributed by atoms with Crippen molar-refractivity contribution in [3.05, 3.63) is 58.9 Å². The van der Waals surface area contributed by atoms with Crippen LogP contribution >= 0.6 is 11.3 Å². The highest BCUT2D eigenvalue weighted by Gasteiger charge is 2.15. The molecule has 23 heavy (non-hydrogen) atoms. The van der Waals surface area contributed by atoms with E-state index in [0.717, 1.165) is 22.7 Å². The molecule has 2 amide bonds.